The molecular formula is C26H46N2O5. The highest BCUT2D eigenvalue weighted by molar-refractivity contribution is 5.88. The standard InChI is InChI=1S/C26H46N2O5/c1-23(2)19-25(20-24(3,4)28(23)31)22(30)27(18-15-21(29)32-5)26(33-25)16-13-11-9-7-6-8-10-12-14-17-26/h31H,6-20H2,1-5H3. The van der Waals surface area contributed by atoms with Gasteiger partial charge in [0.2, 0.25) is 0 Å². The molecule has 2 spiro atoms. The van der Waals surface area contributed by atoms with Crippen LogP contribution in [-0.4, -0.2) is 63.1 Å². The van der Waals surface area contributed by atoms with Crippen LogP contribution >= 0.6 is 0 Å². The maximum atomic E-state index is 14.2. The van der Waals surface area contributed by atoms with E-state index in [1.54, 1.807) is 0 Å². The molecule has 3 fully saturated rings. The van der Waals surface area contributed by atoms with Gasteiger partial charge in [-0.05, 0) is 53.4 Å². The quantitative estimate of drug-likeness (QED) is 0.577. The fourth-order valence-electron chi connectivity index (χ4n) is 6.69. The second kappa shape index (κ2) is 10.2. The molecule has 3 rings (SSSR count). The van der Waals surface area contributed by atoms with Gasteiger partial charge in [0.15, 0.2) is 5.60 Å². The first-order valence-corrected chi connectivity index (χ1v) is 13.1. The van der Waals surface area contributed by atoms with Gasteiger partial charge in [-0.15, -0.1) is 0 Å². The Morgan fingerprint density at radius 2 is 1.36 bits per heavy atom. The summed E-state index contributed by atoms with van der Waals surface area (Å²) in [6.07, 6.45) is 13.2. The normalized spacial score (nSPS) is 27.8. The SMILES string of the molecule is COC(=O)CCN1C(=O)C2(CC(C)(C)N(O)C(C)(C)C2)OC12CCCCCCCCCCC2. The van der Waals surface area contributed by atoms with Crippen LogP contribution in [-0.2, 0) is 19.1 Å². The molecule has 1 N–H and O–H groups in total. The number of carbonyl (C=O) groups is 2. The number of amides is 1. The number of methoxy groups -OCH3 is 1. The number of ether oxygens (including phenoxy) is 2. The van der Waals surface area contributed by atoms with Crippen molar-refractivity contribution in [1.82, 2.24) is 9.96 Å². The van der Waals surface area contributed by atoms with Crippen molar-refractivity contribution in [2.45, 2.75) is 140 Å². The average Bonchev–Trinajstić information content (AvgIpc) is 2.94. The molecule has 7 nitrogen and oxygen atoms in total. The lowest BCUT2D eigenvalue weighted by molar-refractivity contribution is -0.284. The number of hydrogen-bond acceptors (Lipinski definition) is 6. The first-order valence-electron chi connectivity index (χ1n) is 13.1. The van der Waals surface area contributed by atoms with E-state index in [0.29, 0.717) is 19.4 Å². The first-order chi connectivity index (χ1) is 15.5. The van der Waals surface area contributed by atoms with E-state index in [-0.39, 0.29) is 18.3 Å². The van der Waals surface area contributed by atoms with Gasteiger partial charge in [-0.3, -0.25) is 9.59 Å². The van der Waals surface area contributed by atoms with Crippen LogP contribution in [0.3, 0.4) is 0 Å². The topological polar surface area (TPSA) is 79.3 Å². The van der Waals surface area contributed by atoms with Crippen LogP contribution in [0.2, 0.25) is 0 Å². The van der Waals surface area contributed by atoms with E-state index in [1.807, 2.05) is 32.6 Å². The number of esters is 1. The van der Waals surface area contributed by atoms with Gasteiger partial charge in [0.1, 0.15) is 5.72 Å². The van der Waals surface area contributed by atoms with Crippen molar-refractivity contribution in [2.75, 3.05) is 13.7 Å². The third-order valence-electron chi connectivity index (χ3n) is 8.00. The summed E-state index contributed by atoms with van der Waals surface area (Å²) >= 11 is 0. The summed E-state index contributed by atoms with van der Waals surface area (Å²) in [5.74, 6) is -0.328. The number of piperidine rings is 1. The van der Waals surface area contributed by atoms with Crippen LogP contribution in [0.5, 0.6) is 0 Å². The summed E-state index contributed by atoms with van der Waals surface area (Å²) in [5, 5.41) is 12.3. The van der Waals surface area contributed by atoms with Gasteiger partial charge in [0, 0.05) is 30.5 Å². The van der Waals surface area contributed by atoms with Gasteiger partial charge in [-0.1, -0.05) is 44.9 Å². The minimum Gasteiger partial charge on any atom is -0.469 e. The fourth-order valence-corrected chi connectivity index (χ4v) is 6.69. The lowest BCUT2D eigenvalue weighted by Gasteiger charge is -2.54. The molecule has 0 unspecified atom stereocenters. The van der Waals surface area contributed by atoms with Gasteiger partial charge >= 0.3 is 5.97 Å². The second-order valence-electron chi connectivity index (χ2n) is 11.8. The Bertz CT molecular complexity index is 675. The van der Waals surface area contributed by atoms with Crippen molar-refractivity contribution in [3.63, 3.8) is 0 Å². The molecule has 190 valence electrons. The maximum absolute atomic E-state index is 14.2. The van der Waals surface area contributed by atoms with Crippen LogP contribution < -0.4 is 0 Å². The number of nitrogens with zero attached hydrogens (tertiary/aromatic N) is 2. The van der Waals surface area contributed by atoms with E-state index >= 15 is 0 Å². The van der Waals surface area contributed by atoms with Gasteiger partial charge in [0.25, 0.3) is 5.91 Å². The molecule has 0 aromatic carbocycles. The molecule has 1 saturated carbocycles. The molecule has 1 amide bonds. The monoisotopic (exact) mass is 466 g/mol. The van der Waals surface area contributed by atoms with Crippen LogP contribution in [0, 0.1) is 0 Å². The van der Waals surface area contributed by atoms with Crippen LogP contribution in [0.15, 0.2) is 0 Å². The molecule has 0 bridgehead atoms. The van der Waals surface area contributed by atoms with E-state index in [4.69, 9.17) is 9.47 Å². The van der Waals surface area contributed by atoms with Crippen molar-refractivity contribution in [1.29, 1.82) is 0 Å². The van der Waals surface area contributed by atoms with E-state index in [1.165, 1.54) is 44.3 Å². The Morgan fingerprint density at radius 1 is 0.909 bits per heavy atom. The van der Waals surface area contributed by atoms with Crippen molar-refractivity contribution in [3.8, 4) is 0 Å². The largest absolute Gasteiger partial charge is 0.469 e. The predicted octanol–water partition coefficient (Wildman–Crippen LogP) is 5.19. The molecular weight excluding hydrogens is 420 g/mol. The molecule has 2 heterocycles. The summed E-state index contributed by atoms with van der Waals surface area (Å²) in [4.78, 5) is 28.1. The molecule has 7 heteroatoms. The molecule has 0 aromatic heterocycles. The summed E-state index contributed by atoms with van der Waals surface area (Å²) in [7, 11) is 1.39. The molecule has 2 aliphatic heterocycles. The van der Waals surface area contributed by atoms with E-state index in [0.717, 1.165) is 38.5 Å². The summed E-state index contributed by atoms with van der Waals surface area (Å²) in [6.45, 7) is 8.19. The van der Waals surface area contributed by atoms with Crippen LogP contribution in [0.4, 0.5) is 0 Å². The molecule has 2 saturated heterocycles. The Morgan fingerprint density at radius 3 is 1.82 bits per heavy atom. The number of hydrogen-bond donors (Lipinski definition) is 1. The van der Waals surface area contributed by atoms with Crippen molar-refractivity contribution >= 4 is 11.9 Å². The zero-order chi connectivity index (χ0) is 24.3. The Labute approximate surface area is 200 Å². The zero-order valence-electron chi connectivity index (χ0n) is 21.6. The van der Waals surface area contributed by atoms with E-state index < -0.39 is 22.4 Å². The van der Waals surface area contributed by atoms with Crippen LogP contribution in [0.1, 0.15) is 118 Å². The molecule has 0 atom stereocenters. The summed E-state index contributed by atoms with van der Waals surface area (Å²) < 4.78 is 11.9. The average molecular weight is 467 g/mol. The summed E-state index contributed by atoms with van der Waals surface area (Å²) in [6, 6.07) is 0. The minimum atomic E-state index is -0.987. The number of carbonyl (C=O) groups excluding carboxylic acids is 2. The molecule has 0 radical (unpaired) electrons. The third kappa shape index (κ3) is 5.57. The van der Waals surface area contributed by atoms with Crippen LogP contribution in [0.25, 0.3) is 0 Å². The highest BCUT2D eigenvalue weighted by Crippen LogP contribution is 2.53. The predicted molar refractivity (Wildman–Crippen MR) is 127 cm³/mol. The Kier molecular flexibility index (Phi) is 8.17. The molecule has 1 aliphatic carbocycles. The molecule has 33 heavy (non-hydrogen) atoms. The highest BCUT2D eigenvalue weighted by Gasteiger charge is 2.66. The first kappa shape index (κ1) is 26.4. The molecule has 3 aliphatic rings. The van der Waals surface area contributed by atoms with Gasteiger partial charge in [-0.25, -0.2) is 0 Å². The van der Waals surface area contributed by atoms with Gasteiger partial charge < -0.3 is 19.6 Å². The van der Waals surface area contributed by atoms with Gasteiger partial charge in [0.05, 0.1) is 13.5 Å². The van der Waals surface area contributed by atoms with E-state index in [2.05, 4.69) is 0 Å². The smallest absolute Gasteiger partial charge is 0.307 e. The second-order valence-corrected chi connectivity index (χ2v) is 11.8. The minimum absolute atomic E-state index is 0.0206. The zero-order valence-corrected chi connectivity index (χ0v) is 21.6. The highest BCUT2D eigenvalue weighted by atomic mass is 16.6. The van der Waals surface area contributed by atoms with Crippen molar-refractivity contribution < 1.29 is 24.3 Å². The third-order valence-corrected chi connectivity index (χ3v) is 8.00. The fraction of sp³-hybridized carbons (Fsp3) is 0.923. The lowest BCUT2D eigenvalue weighted by atomic mass is 9.72. The Balaban J connectivity index is 1.96. The van der Waals surface area contributed by atoms with Crippen molar-refractivity contribution in [3.05, 3.63) is 0 Å². The number of hydroxylamine groups is 2. The Hall–Kier alpha value is -1.18. The van der Waals surface area contributed by atoms with Gasteiger partial charge in [-0.2, -0.15) is 5.06 Å². The van der Waals surface area contributed by atoms with Crippen molar-refractivity contribution in [2.24, 2.45) is 0 Å². The molecule has 0 aromatic rings. The maximum Gasteiger partial charge on any atom is 0.307 e. The lowest BCUT2D eigenvalue weighted by Crippen LogP contribution is -2.66. The number of rotatable bonds is 3. The van der Waals surface area contributed by atoms with E-state index in [9.17, 15) is 14.8 Å². The summed E-state index contributed by atoms with van der Waals surface area (Å²) in [5.41, 5.74) is -2.89.